The topological polar surface area (TPSA) is 210 Å². The Labute approximate surface area is 355 Å². The Morgan fingerprint density at radius 1 is 0.355 bits per heavy atom. The van der Waals surface area contributed by atoms with Crippen molar-refractivity contribution in [3.05, 3.63) is 0 Å². The molecule has 16 nitrogen and oxygen atoms in total. The van der Waals surface area contributed by atoms with E-state index >= 15 is 0 Å². The minimum atomic E-state index is -3.15. The molecule has 0 aromatic heterocycles. The van der Waals surface area contributed by atoms with Crippen LogP contribution in [0.5, 0.6) is 0 Å². The van der Waals surface area contributed by atoms with Gasteiger partial charge in [-0.3, -0.25) is 19.2 Å². The van der Waals surface area contributed by atoms with Gasteiger partial charge < -0.3 is 37.9 Å². The molecule has 0 saturated heterocycles. The molecule has 0 spiro atoms. The standard InChI is InChI=1S/2C10H16F2O4.2C9H14F2O4/c2*1-4-10(2,3)9(14)16-6-5-15-8(13)7(11)12;2*1-3-6(2)8(12)14-4-5-15-9(13)7(10)11/h2*7H,4-6H2,1-3H3;2*6-7H,3-5H2,1-2H3. The highest BCUT2D eigenvalue weighted by molar-refractivity contribution is 5.77. The van der Waals surface area contributed by atoms with Gasteiger partial charge in [-0.05, 0) is 53.4 Å². The second-order valence-corrected chi connectivity index (χ2v) is 13.6. The third-order valence-corrected chi connectivity index (χ3v) is 7.88. The number of esters is 8. The number of ether oxygens (including phenoxy) is 8. The van der Waals surface area contributed by atoms with E-state index < -0.39 is 84.3 Å². The molecule has 0 heterocycles. The minimum absolute atomic E-state index is 0.193. The van der Waals surface area contributed by atoms with Gasteiger partial charge >= 0.3 is 73.5 Å². The molecule has 0 N–H and O–H groups in total. The molecule has 0 aromatic rings. The molecule has 0 rings (SSSR count). The maximum atomic E-state index is 11.7. The maximum Gasteiger partial charge on any atom is 0.373 e. The summed E-state index contributed by atoms with van der Waals surface area (Å²) >= 11 is 0. The zero-order chi connectivity index (χ0) is 49.2. The van der Waals surface area contributed by atoms with Gasteiger partial charge in [-0.15, -0.1) is 0 Å². The lowest BCUT2D eigenvalue weighted by molar-refractivity contribution is -0.164. The minimum Gasteiger partial charge on any atom is -0.462 e. The van der Waals surface area contributed by atoms with E-state index in [1.165, 1.54) is 0 Å². The molecule has 2 unspecified atom stereocenters. The van der Waals surface area contributed by atoms with E-state index in [4.69, 9.17) is 9.47 Å². The van der Waals surface area contributed by atoms with Crippen LogP contribution in [0.1, 0.15) is 94.9 Å². The number of rotatable bonds is 24. The Hall–Kier alpha value is -4.80. The smallest absolute Gasteiger partial charge is 0.373 e. The van der Waals surface area contributed by atoms with Crippen LogP contribution in [0, 0.1) is 22.7 Å². The lowest BCUT2D eigenvalue weighted by atomic mass is 9.91. The van der Waals surface area contributed by atoms with Crippen LogP contribution in [-0.2, 0) is 76.3 Å². The highest BCUT2D eigenvalue weighted by Crippen LogP contribution is 2.22. The van der Waals surface area contributed by atoms with E-state index in [2.05, 4.69) is 28.4 Å². The number of carbonyl (C=O) groups is 8. The molecule has 0 bridgehead atoms. The molecule has 0 radical (unpaired) electrons. The molecule has 0 aliphatic carbocycles. The van der Waals surface area contributed by atoms with E-state index in [1.54, 1.807) is 41.5 Å². The Kier molecular flexibility index (Phi) is 36.8. The highest BCUT2D eigenvalue weighted by atomic mass is 19.3. The first-order valence-corrected chi connectivity index (χ1v) is 19.1. The summed E-state index contributed by atoms with van der Waals surface area (Å²) < 4.78 is 128. The Morgan fingerprint density at radius 3 is 0.694 bits per heavy atom. The van der Waals surface area contributed by atoms with Gasteiger partial charge in [0.15, 0.2) is 0 Å². The Balaban J connectivity index is -0.000000362. The largest absolute Gasteiger partial charge is 0.462 e. The van der Waals surface area contributed by atoms with Crippen molar-refractivity contribution in [1.29, 1.82) is 0 Å². The molecular weight excluding hydrogens is 864 g/mol. The van der Waals surface area contributed by atoms with Gasteiger partial charge in [0.25, 0.3) is 0 Å². The van der Waals surface area contributed by atoms with Crippen LogP contribution in [0.3, 0.4) is 0 Å². The van der Waals surface area contributed by atoms with E-state index in [1.807, 2.05) is 27.7 Å². The van der Waals surface area contributed by atoms with Gasteiger partial charge in [0.05, 0.1) is 22.7 Å². The quantitative estimate of drug-likeness (QED) is 0.0449. The molecule has 364 valence electrons. The summed E-state index contributed by atoms with van der Waals surface area (Å²) in [5, 5.41) is 0. The molecule has 0 saturated carbocycles. The van der Waals surface area contributed by atoms with E-state index in [-0.39, 0.29) is 64.7 Å². The van der Waals surface area contributed by atoms with Crippen LogP contribution in [-0.4, -0.2) is 126 Å². The number of hydrogen-bond donors (Lipinski definition) is 0. The predicted molar refractivity (Wildman–Crippen MR) is 199 cm³/mol. The zero-order valence-electron chi connectivity index (χ0n) is 36.5. The van der Waals surface area contributed by atoms with Crippen LogP contribution < -0.4 is 0 Å². The first-order chi connectivity index (χ1) is 28.6. The normalized spacial score (nSPS) is 11.8. The molecule has 0 aliphatic rings. The predicted octanol–water partition coefficient (Wildman–Crippen LogP) is 6.32. The van der Waals surface area contributed by atoms with Gasteiger partial charge in [0, 0.05) is 0 Å². The van der Waals surface area contributed by atoms with Crippen LogP contribution >= 0.6 is 0 Å². The average Bonchev–Trinajstić information content (AvgIpc) is 3.22. The van der Waals surface area contributed by atoms with Crippen molar-refractivity contribution in [2.24, 2.45) is 22.7 Å². The van der Waals surface area contributed by atoms with E-state index in [9.17, 15) is 73.5 Å². The molecular formula is C38H60F8O16. The summed E-state index contributed by atoms with van der Waals surface area (Å²) in [4.78, 5) is 86.0. The molecule has 62 heavy (non-hydrogen) atoms. The van der Waals surface area contributed by atoms with Crippen LogP contribution in [0.2, 0.25) is 0 Å². The Morgan fingerprint density at radius 2 is 0.532 bits per heavy atom. The van der Waals surface area contributed by atoms with Gasteiger partial charge in [-0.1, -0.05) is 41.5 Å². The summed E-state index contributed by atoms with van der Waals surface area (Å²) in [7, 11) is 0. The lowest BCUT2D eigenvalue weighted by Crippen LogP contribution is -2.27. The zero-order valence-corrected chi connectivity index (χ0v) is 36.5. The Bertz CT molecular complexity index is 1230. The highest BCUT2D eigenvalue weighted by Gasteiger charge is 2.28. The number of alkyl halides is 8. The molecule has 0 fully saturated rings. The molecule has 24 heteroatoms. The van der Waals surface area contributed by atoms with Gasteiger partial charge in [-0.25, -0.2) is 19.2 Å². The van der Waals surface area contributed by atoms with Crippen molar-refractivity contribution < 1.29 is 111 Å². The van der Waals surface area contributed by atoms with Gasteiger partial charge in [0.1, 0.15) is 52.9 Å². The summed E-state index contributed by atoms with van der Waals surface area (Å²) in [6.45, 7) is 15.3. The van der Waals surface area contributed by atoms with Crippen LogP contribution in [0.4, 0.5) is 35.1 Å². The van der Waals surface area contributed by atoms with Crippen molar-refractivity contribution in [2.45, 2.75) is 121 Å². The first kappa shape index (κ1) is 63.8. The number of halogens is 8. The van der Waals surface area contributed by atoms with Crippen LogP contribution in [0.25, 0.3) is 0 Å². The summed E-state index contributed by atoms with van der Waals surface area (Å²) in [6, 6.07) is 0. The monoisotopic (exact) mass is 924 g/mol. The fourth-order valence-electron chi connectivity index (χ4n) is 2.67. The maximum absolute atomic E-state index is 11.7. The van der Waals surface area contributed by atoms with Crippen molar-refractivity contribution in [2.75, 3.05) is 52.9 Å². The molecule has 0 aliphatic heterocycles. The first-order valence-electron chi connectivity index (χ1n) is 19.1. The summed E-state index contributed by atoms with van der Waals surface area (Å²) in [5.74, 6) is -8.63. The van der Waals surface area contributed by atoms with Crippen molar-refractivity contribution in [1.82, 2.24) is 0 Å². The average molecular weight is 925 g/mol. The van der Waals surface area contributed by atoms with Gasteiger partial charge in [-0.2, -0.15) is 35.1 Å². The third-order valence-electron chi connectivity index (χ3n) is 7.88. The fraction of sp³-hybridized carbons (Fsp3) is 0.789. The summed E-state index contributed by atoms with van der Waals surface area (Å²) in [6.07, 6.45) is -10.1. The van der Waals surface area contributed by atoms with E-state index in [0.29, 0.717) is 25.7 Å². The van der Waals surface area contributed by atoms with Crippen molar-refractivity contribution in [3.8, 4) is 0 Å². The molecule has 0 amide bonds. The number of hydrogen-bond acceptors (Lipinski definition) is 16. The third kappa shape index (κ3) is 33.9. The lowest BCUT2D eigenvalue weighted by Gasteiger charge is -2.20. The second-order valence-electron chi connectivity index (χ2n) is 13.6. The van der Waals surface area contributed by atoms with Gasteiger partial charge in [0.2, 0.25) is 0 Å². The van der Waals surface area contributed by atoms with E-state index in [0.717, 1.165) is 0 Å². The van der Waals surface area contributed by atoms with Crippen molar-refractivity contribution in [3.63, 3.8) is 0 Å². The summed E-state index contributed by atoms with van der Waals surface area (Å²) in [5.41, 5.74) is -1.24. The fourth-order valence-corrected chi connectivity index (χ4v) is 2.67. The second kappa shape index (κ2) is 35.8. The molecule has 0 aromatic carbocycles. The van der Waals surface area contributed by atoms with Crippen LogP contribution in [0.15, 0.2) is 0 Å². The molecule has 2 atom stereocenters. The SMILES string of the molecule is CCC(C)(C)C(=O)OCCOC(=O)C(F)F.CCC(C)(C)C(=O)OCCOC(=O)C(F)F.CCC(C)C(=O)OCCOC(=O)C(F)F.CCC(C)C(=O)OCCOC(=O)C(F)F. The van der Waals surface area contributed by atoms with Crippen molar-refractivity contribution >= 4 is 47.8 Å². The number of carbonyl (C=O) groups excluding carboxylic acids is 8.